The van der Waals surface area contributed by atoms with Crippen molar-refractivity contribution < 1.29 is 20.4 Å². The van der Waals surface area contributed by atoms with E-state index in [9.17, 15) is 20.4 Å². The Labute approximate surface area is 262 Å². The van der Waals surface area contributed by atoms with Crippen molar-refractivity contribution in [3.63, 3.8) is 0 Å². The first-order chi connectivity index (χ1) is 21.3. The van der Waals surface area contributed by atoms with E-state index in [2.05, 4.69) is 15.3 Å². The Morgan fingerprint density at radius 2 is 0.800 bits per heavy atom. The van der Waals surface area contributed by atoms with Crippen LogP contribution in [0, 0.1) is 48.5 Å². The van der Waals surface area contributed by atoms with Crippen LogP contribution in [0.1, 0.15) is 39.7 Å². The van der Waals surface area contributed by atoms with Gasteiger partial charge in [-0.3, -0.25) is 0 Å². The molecule has 0 amide bonds. The van der Waals surface area contributed by atoms with Crippen molar-refractivity contribution in [3.05, 3.63) is 113 Å². The predicted molar refractivity (Wildman–Crippen MR) is 175 cm³/mol. The van der Waals surface area contributed by atoms with E-state index in [1.807, 2.05) is 78.8 Å². The van der Waals surface area contributed by atoms with Crippen LogP contribution >= 0.6 is 0 Å². The second-order valence-corrected chi connectivity index (χ2v) is 10.8. The van der Waals surface area contributed by atoms with Gasteiger partial charge in [0.05, 0.1) is 22.8 Å². The summed E-state index contributed by atoms with van der Waals surface area (Å²) in [5.74, 6) is 0.435. The van der Waals surface area contributed by atoms with Crippen LogP contribution in [-0.4, -0.2) is 49.8 Å². The van der Waals surface area contributed by atoms with E-state index in [1.165, 1.54) is 16.8 Å². The maximum atomic E-state index is 9.82. The minimum Gasteiger partial charge on any atom is -0.506 e. The van der Waals surface area contributed by atoms with Gasteiger partial charge in [-0.1, -0.05) is 24.3 Å². The highest BCUT2D eigenvalue weighted by atomic mass is 16.3. The summed E-state index contributed by atoms with van der Waals surface area (Å²) in [5, 5.41) is 51.7. The van der Waals surface area contributed by atoms with Crippen molar-refractivity contribution >= 4 is 5.69 Å². The molecular weight excluding hydrogens is 570 g/mol. The van der Waals surface area contributed by atoms with Gasteiger partial charge in [-0.15, -0.1) is 0 Å². The Morgan fingerprint density at radius 3 is 1.18 bits per heavy atom. The number of aromatic hydroxyl groups is 4. The fourth-order valence-corrected chi connectivity index (χ4v) is 5.00. The number of aromatic nitrogens is 6. The highest BCUT2D eigenvalue weighted by molar-refractivity contribution is 5.65. The quantitative estimate of drug-likeness (QED) is 0.149. The van der Waals surface area contributed by atoms with Crippen LogP contribution in [0.5, 0.6) is 23.0 Å². The molecular formula is C34H39N7O4. The summed E-state index contributed by atoms with van der Waals surface area (Å²) in [4.78, 5) is 0. The van der Waals surface area contributed by atoms with E-state index in [4.69, 9.17) is 5.73 Å². The number of nitrogen functional groups attached to an aromatic ring is 1. The van der Waals surface area contributed by atoms with E-state index in [1.54, 1.807) is 39.7 Å². The summed E-state index contributed by atoms with van der Waals surface area (Å²) in [7, 11) is 0. The number of hydrogen-bond donors (Lipinski definition) is 5. The summed E-state index contributed by atoms with van der Waals surface area (Å²) in [5.41, 5.74) is 14.5. The summed E-state index contributed by atoms with van der Waals surface area (Å²) >= 11 is 0. The van der Waals surface area contributed by atoms with Crippen LogP contribution in [0.15, 0.2) is 72.8 Å². The smallest absolute Gasteiger partial charge is 0.148 e. The molecule has 0 fully saturated rings. The van der Waals surface area contributed by atoms with Crippen molar-refractivity contribution in [1.82, 2.24) is 29.3 Å². The largest absolute Gasteiger partial charge is 0.506 e. The van der Waals surface area contributed by atoms with Crippen molar-refractivity contribution in [2.24, 2.45) is 0 Å². The zero-order chi connectivity index (χ0) is 33.0. The molecule has 0 aliphatic rings. The van der Waals surface area contributed by atoms with E-state index in [0.717, 1.165) is 45.4 Å². The number of anilines is 1. The van der Waals surface area contributed by atoms with Gasteiger partial charge in [0.1, 0.15) is 40.1 Å². The van der Waals surface area contributed by atoms with E-state index in [-0.39, 0.29) is 23.0 Å². The second-order valence-electron chi connectivity index (χ2n) is 10.8. The SMILES string of the molecule is Cc1cc(C)n(-c2c(C)cccc2O)n1.Cc1cc(C)n(-c2c(N)cccc2O)n1.Cc1cc(C)n(-c2c(O)cccc2O)n1. The standard InChI is InChI=1S/C12H14N2O.C11H13N3O.C11H12N2O2/c1-8-5-4-6-11(15)12(8)14-10(3)7-9(2)13-14;1-7-6-8(2)14(13-7)11-9(12)4-3-5-10(11)15;1-7-6-8(2)13(12-7)11-9(14)4-3-5-10(11)15/h4-7,15H,1-3H3;3-6,15H,12H2,1-2H3;3-6,14-15H,1-2H3. The fourth-order valence-electron chi connectivity index (χ4n) is 5.00. The molecule has 11 nitrogen and oxygen atoms in total. The maximum absolute atomic E-state index is 9.82. The molecule has 6 N–H and O–H groups in total. The van der Waals surface area contributed by atoms with Crippen LogP contribution in [0.4, 0.5) is 5.69 Å². The molecule has 0 saturated heterocycles. The van der Waals surface area contributed by atoms with Gasteiger partial charge in [0.2, 0.25) is 0 Å². The second kappa shape index (κ2) is 13.3. The molecule has 6 aromatic rings. The van der Waals surface area contributed by atoms with Gasteiger partial charge >= 0.3 is 0 Å². The van der Waals surface area contributed by atoms with Gasteiger partial charge < -0.3 is 26.2 Å². The highest BCUT2D eigenvalue weighted by Gasteiger charge is 2.13. The lowest BCUT2D eigenvalue weighted by molar-refractivity contribution is 0.442. The zero-order valence-corrected chi connectivity index (χ0v) is 26.5. The number of nitrogens with two attached hydrogens (primary N) is 1. The lowest BCUT2D eigenvalue weighted by Gasteiger charge is -2.09. The van der Waals surface area contributed by atoms with Gasteiger partial charge in [-0.25, -0.2) is 14.0 Å². The third-order valence-electron chi connectivity index (χ3n) is 6.92. The highest BCUT2D eigenvalue weighted by Crippen LogP contribution is 2.31. The first-order valence-electron chi connectivity index (χ1n) is 14.3. The third kappa shape index (κ3) is 7.10. The average molecular weight is 610 g/mol. The Hall–Kier alpha value is -5.71. The van der Waals surface area contributed by atoms with E-state index < -0.39 is 0 Å². The molecule has 6 rings (SSSR count). The fraction of sp³-hybridized carbons (Fsp3) is 0.206. The lowest BCUT2D eigenvalue weighted by atomic mass is 10.2. The average Bonchev–Trinajstić information content (AvgIpc) is 3.58. The Kier molecular flexibility index (Phi) is 9.51. The van der Waals surface area contributed by atoms with Crippen LogP contribution < -0.4 is 5.73 Å². The van der Waals surface area contributed by atoms with Crippen LogP contribution in [0.3, 0.4) is 0 Å². The maximum Gasteiger partial charge on any atom is 0.148 e. The number of aryl methyl sites for hydroxylation is 7. The number of phenols is 4. The van der Waals surface area contributed by atoms with Gasteiger partial charge in [0, 0.05) is 17.1 Å². The normalized spacial score (nSPS) is 10.6. The van der Waals surface area contributed by atoms with Crippen molar-refractivity contribution in [2.75, 3.05) is 5.73 Å². The van der Waals surface area contributed by atoms with Crippen molar-refractivity contribution in [2.45, 2.75) is 48.5 Å². The summed E-state index contributed by atoms with van der Waals surface area (Å²) in [6.07, 6.45) is 0. The van der Waals surface area contributed by atoms with Crippen LogP contribution in [0.2, 0.25) is 0 Å². The van der Waals surface area contributed by atoms with Gasteiger partial charge in [-0.05, 0) is 103 Å². The molecule has 0 aliphatic carbocycles. The number of phenolic OH excluding ortho intramolecular Hbond substituents is 4. The molecule has 3 aromatic carbocycles. The first kappa shape index (κ1) is 32.2. The number of benzene rings is 3. The van der Waals surface area contributed by atoms with Gasteiger partial charge in [0.25, 0.3) is 0 Å². The minimum absolute atomic E-state index is 0.0150. The lowest BCUT2D eigenvalue weighted by Crippen LogP contribution is -2.03. The predicted octanol–water partition coefficient (Wildman–Crippen LogP) is 6.18. The number of hydrogen-bond acceptors (Lipinski definition) is 8. The molecule has 11 heteroatoms. The molecule has 0 bridgehead atoms. The Balaban J connectivity index is 0.000000154. The molecule has 3 heterocycles. The molecule has 0 atom stereocenters. The third-order valence-corrected chi connectivity index (χ3v) is 6.92. The van der Waals surface area contributed by atoms with Crippen LogP contribution in [0.25, 0.3) is 17.1 Å². The summed E-state index contributed by atoms with van der Waals surface area (Å²) < 4.78 is 4.96. The minimum atomic E-state index is 0.0150. The molecule has 0 radical (unpaired) electrons. The number of rotatable bonds is 3. The molecule has 0 saturated carbocycles. The molecule has 234 valence electrons. The van der Waals surface area contributed by atoms with Gasteiger partial charge in [-0.2, -0.15) is 15.3 Å². The molecule has 0 unspecified atom stereocenters. The van der Waals surface area contributed by atoms with Crippen molar-refractivity contribution in [3.8, 4) is 40.1 Å². The number of para-hydroxylation sites is 3. The molecule has 0 spiro atoms. The van der Waals surface area contributed by atoms with E-state index in [0.29, 0.717) is 17.1 Å². The topological polar surface area (TPSA) is 160 Å². The zero-order valence-electron chi connectivity index (χ0n) is 26.5. The monoisotopic (exact) mass is 609 g/mol. The molecule has 3 aromatic heterocycles. The van der Waals surface area contributed by atoms with Gasteiger partial charge in [0.15, 0.2) is 0 Å². The van der Waals surface area contributed by atoms with E-state index >= 15 is 0 Å². The molecule has 45 heavy (non-hydrogen) atoms. The van der Waals surface area contributed by atoms with Crippen LogP contribution in [-0.2, 0) is 0 Å². The Morgan fingerprint density at radius 1 is 0.467 bits per heavy atom. The summed E-state index contributed by atoms with van der Waals surface area (Å²) in [6, 6.07) is 21.0. The summed E-state index contributed by atoms with van der Waals surface area (Å²) in [6.45, 7) is 13.4. The van der Waals surface area contributed by atoms with Crippen molar-refractivity contribution in [1.29, 1.82) is 0 Å². The first-order valence-corrected chi connectivity index (χ1v) is 14.3. The Bertz CT molecular complexity index is 1670. The number of nitrogens with zero attached hydrogens (tertiary/aromatic N) is 6. The molecule has 0 aliphatic heterocycles.